The number of halogens is 1. The Morgan fingerprint density at radius 1 is 1.21 bits per heavy atom. The van der Waals surface area contributed by atoms with E-state index in [2.05, 4.69) is 10.3 Å². The second-order valence-electron chi connectivity index (χ2n) is 4.42. The van der Waals surface area contributed by atoms with Gasteiger partial charge in [0.15, 0.2) is 0 Å². The van der Waals surface area contributed by atoms with Crippen LogP contribution in [0.1, 0.15) is 30.3 Å². The quantitative estimate of drug-likeness (QED) is 0.882. The minimum atomic E-state index is -0.625. The van der Waals surface area contributed by atoms with Gasteiger partial charge < -0.3 is 10.4 Å². The Balaban J connectivity index is 1.94. The van der Waals surface area contributed by atoms with Crippen LogP contribution in [0.5, 0.6) is 0 Å². The molecule has 2 rings (SSSR count). The Morgan fingerprint density at radius 3 is 2.63 bits per heavy atom. The number of hydrogen-bond acceptors (Lipinski definition) is 3. The van der Waals surface area contributed by atoms with Crippen molar-refractivity contribution in [2.24, 2.45) is 0 Å². The Bertz CT molecular complexity index is 519. The molecule has 19 heavy (non-hydrogen) atoms. The van der Waals surface area contributed by atoms with Crippen molar-refractivity contribution in [3.8, 4) is 0 Å². The third-order valence-electron chi connectivity index (χ3n) is 3.01. The van der Waals surface area contributed by atoms with Gasteiger partial charge in [0.05, 0.1) is 11.8 Å². The predicted molar refractivity (Wildman–Crippen MR) is 77.1 cm³/mol. The van der Waals surface area contributed by atoms with Gasteiger partial charge in [0, 0.05) is 29.4 Å². The van der Waals surface area contributed by atoms with Crippen LogP contribution in [0, 0.1) is 0 Å². The number of rotatable bonds is 5. The summed E-state index contributed by atoms with van der Waals surface area (Å²) in [5.41, 5.74) is 1.69. The number of benzene rings is 1. The van der Waals surface area contributed by atoms with Crippen molar-refractivity contribution in [3.63, 3.8) is 0 Å². The summed E-state index contributed by atoms with van der Waals surface area (Å²) >= 11 is 6.05. The van der Waals surface area contributed by atoms with Crippen LogP contribution in [0.25, 0.3) is 0 Å². The predicted octanol–water partition coefficient (Wildman–Crippen LogP) is 3.12. The number of nitrogens with zero attached hydrogens (tertiary/aromatic N) is 1. The molecule has 0 aliphatic heterocycles. The van der Waals surface area contributed by atoms with E-state index in [0.717, 1.165) is 11.3 Å². The van der Waals surface area contributed by atoms with Gasteiger partial charge in [0.2, 0.25) is 0 Å². The molecule has 2 aromatic rings. The van der Waals surface area contributed by atoms with Gasteiger partial charge in [-0.15, -0.1) is 0 Å². The van der Waals surface area contributed by atoms with E-state index in [4.69, 9.17) is 11.6 Å². The highest BCUT2D eigenvalue weighted by Gasteiger charge is 2.13. The molecule has 0 amide bonds. The van der Waals surface area contributed by atoms with Gasteiger partial charge in [-0.05, 0) is 25.1 Å². The zero-order valence-corrected chi connectivity index (χ0v) is 11.5. The summed E-state index contributed by atoms with van der Waals surface area (Å²) in [7, 11) is 0. The number of nitrogens with one attached hydrogen (secondary N) is 1. The molecule has 0 bridgehead atoms. The van der Waals surface area contributed by atoms with Crippen LogP contribution in [0.15, 0.2) is 48.7 Å². The summed E-state index contributed by atoms with van der Waals surface area (Å²) in [4.78, 5) is 4.28. The second kappa shape index (κ2) is 6.66. The maximum atomic E-state index is 10.1. The minimum Gasteiger partial charge on any atom is -0.387 e. The van der Waals surface area contributed by atoms with E-state index in [-0.39, 0.29) is 6.04 Å². The van der Waals surface area contributed by atoms with E-state index >= 15 is 0 Å². The van der Waals surface area contributed by atoms with Gasteiger partial charge in [-0.2, -0.15) is 0 Å². The van der Waals surface area contributed by atoms with Crippen molar-refractivity contribution in [3.05, 3.63) is 64.9 Å². The van der Waals surface area contributed by atoms with Crippen molar-refractivity contribution in [2.75, 3.05) is 6.54 Å². The normalized spacial score (nSPS) is 14.1. The van der Waals surface area contributed by atoms with Crippen LogP contribution in [0.2, 0.25) is 5.02 Å². The smallest absolute Gasteiger partial charge is 0.0928 e. The highest BCUT2D eigenvalue weighted by molar-refractivity contribution is 6.31. The molecule has 100 valence electrons. The Morgan fingerprint density at radius 2 is 1.95 bits per heavy atom. The van der Waals surface area contributed by atoms with Crippen LogP contribution in [-0.2, 0) is 0 Å². The number of aliphatic hydroxyl groups excluding tert-OH is 1. The van der Waals surface area contributed by atoms with Gasteiger partial charge in [0.25, 0.3) is 0 Å². The molecule has 0 spiro atoms. The zero-order valence-electron chi connectivity index (χ0n) is 10.8. The molecule has 0 saturated heterocycles. The maximum Gasteiger partial charge on any atom is 0.0928 e. The van der Waals surface area contributed by atoms with Gasteiger partial charge in [0.1, 0.15) is 0 Å². The third-order valence-corrected chi connectivity index (χ3v) is 3.36. The monoisotopic (exact) mass is 276 g/mol. The summed E-state index contributed by atoms with van der Waals surface area (Å²) in [6, 6.07) is 13.2. The lowest BCUT2D eigenvalue weighted by atomic mass is 10.1. The van der Waals surface area contributed by atoms with Crippen LogP contribution in [0.3, 0.4) is 0 Å². The fourth-order valence-corrected chi connectivity index (χ4v) is 2.14. The van der Waals surface area contributed by atoms with Crippen LogP contribution < -0.4 is 5.32 Å². The Hall–Kier alpha value is -1.42. The Labute approximate surface area is 118 Å². The van der Waals surface area contributed by atoms with Crippen molar-refractivity contribution in [1.82, 2.24) is 10.3 Å². The third kappa shape index (κ3) is 3.77. The minimum absolute atomic E-state index is 0.0818. The molecule has 0 saturated carbocycles. The average Bonchev–Trinajstić information content (AvgIpc) is 2.46. The lowest BCUT2D eigenvalue weighted by molar-refractivity contribution is 0.170. The molecular formula is C15H17ClN2O. The molecule has 0 aliphatic carbocycles. The van der Waals surface area contributed by atoms with Gasteiger partial charge in [-0.1, -0.05) is 35.9 Å². The topological polar surface area (TPSA) is 45.1 Å². The van der Waals surface area contributed by atoms with Crippen molar-refractivity contribution in [2.45, 2.75) is 19.1 Å². The zero-order chi connectivity index (χ0) is 13.7. The van der Waals surface area contributed by atoms with E-state index < -0.39 is 6.10 Å². The molecule has 1 aromatic heterocycles. The second-order valence-corrected chi connectivity index (χ2v) is 4.83. The van der Waals surface area contributed by atoms with Crippen molar-refractivity contribution in [1.29, 1.82) is 0 Å². The molecule has 3 nitrogen and oxygen atoms in total. The van der Waals surface area contributed by atoms with Crippen LogP contribution in [0.4, 0.5) is 0 Å². The Kier molecular flexibility index (Phi) is 4.91. The molecule has 0 fully saturated rings. The van der Waals surface area contributed by atoms with Gasteiger partial charge in [-0.25, -0.2) is 0 Å². The molecule has 2 N–H and O–H groups in total. The summed E-state index contributed by atoms with van der Waals surface area (Å²) < 4.78 is 0. The number of aromatic nitrogens is 1. The number of aliphatic hydroxyl groups is 1. The molecule has 2 atom stereocenters. The first kappa shape index (κ1) is 14.0. The molecule has 0 radical (unpaired) electrons. The average molecular weight is 277 g/mol. The summed E-state index contributed by atoms with van der Waals surface area (Å²) in [6.45, 7) is 2.45. The van der Waals surface area contributed by atoms with Crippen molar-refractivity contribution < 1.29 is 5.11 Å². The van der Waals surface area contributed by atoms with E-state index in [1.54, 1.807) is 12.3 Å². The SMILES string of the molecule is C[C@H](NCC(O)c1ccccc1Cl)c1ccccn1. The first-order valence-corrected chi connectivity index (χ1v) is 6.63. The highest BCUT2D eigenvalue weighted by Crippen LogP contribution is 2.22. The summed E-state index contributed by atoms with van der Waals surface area (Å²) in [5, 5.41) is 14.0. The van der Waals surface area contributed by atoms with E-state index in [9.17, 15) is 5.11 Å². The molecule has 0 aliphatic rings. The molecular weight excluding hydrogens is 260 g/mol. The van der Waals surface area contributed by atoms with Gasteiger partial charge >= 0.3 is 0 Å². The van der Waals surface area contributed by atoms with E-state index in [1.165, 1.54) is 0 Å². The van der Waals surface area contributed by atoms with E-state index in [0.29, 0.717) is 11.6 Å². The van der Waals surface area contributed by atoms with Crippen LogP contribution >= 0.6 is 11.6 Å². The maximum absolute atomic E-state index is 10.1. The first-order valence-electron chi connectivity index (χ1n) is 6.25. The van der Waals surface area contributed by atoms with Gasteiger partial charge in [-0.3, -0.25) is 4.98 Å². The fourth-order valence-electron chi connectivity index (χ4n) is 1.88. The van der Waals surface area contributed by atoms with E-state index in [1.807, 2.05) is 43.3 Å². The lowest BCUT2D eigenvalue weighted by Gasteiger charge is -2.17. The molecule has 4 heteroatoms. The fraction of sp³-hybridized carbons (Fsp3) is 0.267. The lowest BCUT2D eigenvalue weighted by Crippen LogP contribution is -2.25. The first-order chi connectivity index (χ1) is 9.18. The van der Waals surface area contributed by atoms with Crippen LogP contribution in [-0.4, -0.2) is 16.6 Å². The molecule has 1 aromatic carbocycles. The summed E-state index contributed by atoms with van der Waals surface area (Å²) in [6.07, 6.45) is 1.14. The highest BCUT2D eigenvalue weighted by atomic mass is 35.5. The van der Waals surface area contributed by atoms with Crippen molar-refractivity contribution >= 4 is 11.6 Å². The molecule has 1 unspecified atom stereocenters. The molecule has 1 heterocycles. The standard InChI is InChI=1S/C15H17ClN2O/c1-11(14-8-4-5-9-17-14)18-10-15(19)12-6-2-3-7-13(12)16/h2-9,11,15,18-19H,10H2,1H3/t11-,15?/m0/s1. The number of hydrogen-bond donors (Lipinski definition) is 2. The summed E-state index contributed by atoms with van der Waals surface area (Å²) in [5.74, 6) is 0. The largest absolute Gasteiger partial charge is 0.387 e. The number of pyridine rings is 1.